The zero-order valence-electron chi connectivity index (χ0n) is 15.4. The Labute approximate surface area is 172 Å². The summed E-state index contributed by atoms with van der Waals surface area (Å²) in [6.07, 6.45) is -2.54. The van der Waals surface area contributed by atoms with Crippen LogP contribution in [0.15, 0.2) is 24.3 Å². The number of hydrogen-bond donors (Lipinski definition) is 3. The van der Waals surface area contributed by atoms with E-state index in [1.165, 1.54) is 6.92 Å². The van der Waals surface area contributed by atoms with E-state index in [4.69, 9.17) is 32.7 Å². The molecule has 3 N–H and O–H groups in total. The number of alkyl halides is 2. The van der Waals surface area contributed by atoms with Crippen molar-refractivity contribution in [1.82, 2.24) is 0 Å². The Morgan fingerprint density at radius 3 is 2.64 bits per heavy atom. The van der Waals surface area contributed by atoms with E-state index < -0.39 is 53.3 Å². The first-order valence-electron chi connectivity index (χ1n) is 9.01. The van der Waals surface area contributed by atoms with Gasteiger partial charge in [0.2, 0.25) is 0 Å². The van der Waals surface area contributed by atoms with Crippen LogP contribution in [0.3, 0.4) is 0 Å². The zero-order chi connectivity index (χ0) is 21.0. The van der Waals surface area contributed by atoms with Crippen molar-refractivity contribution in [3.63, 3.8) is 0 Å². The summed E-state index contributed by atoms with van der Waals surface area (Å²) in [5.74, 6) is -4.11. The summed E-state index contributed by atoms with van der Waals surface area (Å²) in [6.45, 7) is 9.05. The maximum absolute atomic E-state index is 12.4. The Morgan fingerprint density at radius 1 is 1.43 bits per heavy atom. The van der Waals surface area contributed by atoms with Crippen molar-refractivity contribution in [1.29, 1.82) is 0 Å². The molecule has 1 aliphatic heterocycles. The lowest BCUT2D eigenvalue weighted by Crippen LogP contribution is -2.52. The molecule has 3 fully saturated rings. The standard InChI is InChI=1S/C19H24Cl2O7/c1-8-4-11(27-17(24)18(3,25)6-20)13-9(2)16(23)28-15(13)14-10(8)5-12(22)19(14,26)7-21/h10-15,22,25-26H,1-2,4-7H2,3H3/t10-,11-,12+,13+,14-,15-,18-,19+/m0/s1. The largest absolute Gasteiger partial charge is 0.459 e. The van der Waals surface area contributed by atoms with Crippen molar-refractivity contribution in [2.75, 3.05) is 11.8 Å². The highest BCUT2D eigenvalue weighted by Gasteiger charge is 2.64. The first-order valence-corrected chi connectivity index (χ1v) is 10.1. The average Bonchev–Trinajstić information content (AvgIpc) is 3.04. The third-order valence-corrected chi connectivity index (χ3v) is 7.19. The maximum Gasteiger partial charge on any atom is 0.339 e. The van der Waals surface area contributed by atoms with E-state index in [-0.39, 0.29) is 36.1 Å². The van der Waals surface area contributed by atoms with Gasteiger partial charge in [-0.2, -0.15) is 0 Å². The molecule has 8 atom stereocenters. The van der Waals surface area contributed by atoms with Crippen molar-refractivity contribution < 1.29 is 34.4 Å². The number of esters is 2. The SMILES string of the molecule is C=C1C(=O)O[C@H]2[C@H]1[C@@H](OC(=O)[C@@](C)(O)CCl)CC(=C)[C@@H]1C[C@@H](O)[C@](O)(CCl)[C@H]21. The number of carbonyl (C=O) groups is 2. The van der Waals surface area contributed by atoms with Gasteiger partial charge in [0.05, 0.1) is 23.8 Å². The second kappa shape index (κ2) is 7.29. The molecule has 0 bridgehead atoms. The van der Waals surface area contributed by atoms with E-state index in [0.29, 0.717) is 5.57 Å². The second-order valence-corrected chi connectivity index (χ2v) is 8.68. The predicted octanol–water partition coefficient (Wildman–Crippen LogP) is 0.913. The zero-order valence-corrected chi connectivity index (χ0v) is 16.9. The molecule has 1 heterocycles. The van der Waals surface area contributed by atoms with Gasteiger partial charge in [0.15, 0.2) is 5.60 Å². The van der Waals surface area contributed by atoms with Gasteiger partial charge < -0.3 is 24.8 Å². The molecule has 0 aromatic carbocycles. The van der Waals surface area contributed by atoms with Crippen molar-refractivity contribution in [2.24, 2.45) is 17.8 Å². The summed E-state index contributed by atoms with van der Waals surface area (Å²) >= 11 is 11.6. The van der Waals surface area contributed by atoms with Crippen molar-refractivity contribution in [3.8, 4) is 0 Å². The molecule has 7 nitrogen and oxygen atoms in total. The summed E-state index contributed by atoms with van der Waals surface area (Å²) in [7, 11) is 0. The number of carbonyl (C=O) groups excluding carboxylic acids is 2. The van der Waals surface area contributed by atoms with Gasteiger partial charge in [-0.3, -0.25) is 0 Å². The van der Waals surface area contributed by atoms with E-state index in [9.17, 15) is 24.9 Å². The van der Waals surface area contributed by atoms with Gasteiger partial charge in [-0.15, -0.1) is 23.2 Å². The van der Waals surface area contributed by atoms with Crippen LogP contribution in [0.4, 0.5) is 0 Å². The summed E-state index contributed by atoms with van der Waals surface area (Å²) in [4.78, 5) is 24.6. The van der Waals surface area contributed by atoms with Crippen molar-refractivity contribution in [2.45, 2.75) is 49.3 Å². The van der Waals surface area contributed by atoms with Crippen LogP contribution in [0.2, 0.25) is 0 Å². The Morgan fingerprint density at radius 2 is 2.07 bits per heavy atom. The molecular formula is C19H24Cl2O7. The first kappa shape index (κ1) is 21.6. The molecular weight excluding hydrogens is 411 g/mol. The first-order chi connectivity index (χ1) is 13.0. The minimum Gasteiger partial charge on any atom is -0.459 e. The normalized spacial score (nSPS) is 42.3. The predicted molar refractivity (Wildman–Crippen MR) is 101 cm³/mol. The van der Waals surface area contributed by atoms with Crippen molar-refractivity contribution in [3.05, 3.63) is 24.3 Å². The fourth-order valence-electron chi connectivity index (χ4n) is 4.58. The Kier molecular flexibility index (Phi) is 5.62. The fraction of sp³-hybridized carbons (Fsp3) is 0.684. The Hall–Kier alpha value is -1.12. The monoisotopic (exact) mass is 434 g/mol. The summed E-state index contributed by atoms with van der Waals surface area (Å²) in [5, 5.41) is 31.6. The molecule has 0 aromatic rings. The van der Waals surface area contributed by atoms with Gasteiger partial charge in [0, 0.05) is 17.9 Å². The van der Waals surface area contributed by atoms with Gasteiger partial charge >= 0.3 is 11.9 Å². The molecule has 0 amide bonds. The van der Waals surface area contributed by atoms with E-state index in [0.717, 1.165) is 0 Å². The van der Waals surface area contributed by atoms with Gasteiger partial charge in [0.25, 0.3) is 0 Å². The number of rotatable bonds is 4. The lowest BCUT2D eigenvalue weighted by molar-refractivity contribution is -0.172. The quantitative estimate of drug-likeness (QED) is 0.260. The molecule has 3 rings (SSSR count). The highest BCUT2D eigenvalue weighted by atomic mass is 35.5. The Balaban J connectivity index is 2.01. The fourth-order valence-corrected chi connectivity index (χ4v) is 5.05. The lowest BCUT2D eigenvalue weighted by Gasteiger charge is -2.37. The number of aliphatic hydroxyl groups is 3. The number of fused-ring (bicyclic) bond motifs is 3. The van der Waals surface area contributed by atoms with Crippen LogP contribution in [0.5, 0.6) is 0 Å². The van der Waals surface area contributed by atoms with E-state index in [1.807, 2.05) is 0 Å². The molecule has 28 heavy (non-hydrogen) atoms. The molecule has 0 radical (unpaired) electrons. The van der Waals surface area contributed by atoms with Crippen LogP contribution in [0.1, 0.15) is 19.8 Å². The van der Waals surface area contributed by atoms with Crippen LogP contribution in [-0.2, 0) is 19.1 Å². The summed E-state index contributed by atoms with van der Waals surface area (Å²) in [6, 6.07) is 0. The topological polar surface area (TPSA) is 113 Å². The number of halogens is 2. The molecule has 3 aliphatic rings. The van der Waals surface area contributed by atoms with Crippen LogP contribution in [0.25, 0.3) is 0 Å². The molecule has 0 unspecified atom stereocenters. The van der Waals surface area contributed by atoms with Crippen molar-refractivity contribution >= 4 is 35.1 Å². The van der Waals surface area contributed by atoms with E-state index in [1.54, 1.807) is 0 Å². The highest BCUT2D eigenvalue weighted by Crippen LogP contribution is 2.55. The van der Waals surface area contributed by atoms with Crippen LogP contribution in [-0.4, -0.2) is 68.5 Å². The molecule has 2 saturated carbocycles. The highest BCUT2D eigenvalue weighted by molar-refractivity contribution is 6.20. The van der Waals surface area contributed by atoms with Gasteiger partial charge in [-0.25, -0.2) is 9.59 Å². The second-order valence-electron chi connectivity index (χ2n) is 8.14. The van der Waals surface area contributed by atoms with Crippen LogP contribution >= 0.6 is 23.2 Å². The van der Waals surface area contributed by atoms with E-state index >= 15 is 0 Å². The molecule has 0 spiro atoms. The smallest absolute Gasteiger partial charge is 0.339 e. The average molecular weight is 435 g/mol. The summed E-state index contributed by atoms with van der Waals surface area (Å²) in [5.41, 5.74) is -2.87. The number of hydrogen-bond acceptors (Lipinski definition) is 7. The minimum absolute atomic E-state index is 0.0973. The van der Waals surface area contributed by atoms with Crippen LogP contribution < -0.4 is 0 Å². The third-order valence-electron chi connectivity index (χ3n) is 6.24. The van der Waals surface area contributed by atoms with Crippen LogP contribution in [0, 0.1) is 17.8 Å². The third kappa shape index (κ3) is 3.17. The molecule has 1 saturated heterocycles. The maximum atomic E-state index is 12.4. The minimum atomic E-state index is -1.90. The van der Waals surface area contributed by atoms with E-state index in [2.05, 4.69) is 13.2 Å². The number of ether oxygens (including phenoxy) is 2. The molecule has 156 valence electrons. The molecule has 0 aromatic heterocycles. The Bertz CT molecular complexity index is 721. The van der Waals surface area contributed by atoms with Gasteiger partial charge in [0.1, 0.15) is 17.8 Å². The molecule has 9 heteroatoms. The van der Waals surface area contributed by atoms with Gasteiger partial charge in [-0.05, 0) is 19.3 Å². The molecule has 2 aliphatic carbocycles. The lowest BCUT2D eigenvalue weighted by atomic mass is 9.76. The van der Waals surface area contributed by atoms with Gasteiger partial charge in [-0.1, -0.05) is 18.7 Å². The number of aliphatic hydroxyl groups excluding tert-OH is 1. The summed E-state index contributed by atoms with van der Waals surface area (Å²) < 4.78 is 11.0.